The Morgan fingerprint density at radius 2 is 2.11 bits per heavy atom. The van der Waals surface area contributed by atoms with Crippen LogP contribution in [0.4, 0.5) is 5.13 Å². The Kier molecular flexibility index (Phi) is 3.43. The van der Waals surface area contributed by atoms with E-state index in [0.717, 1.165) is 17.8 Å². The van der Waals surface area contributed by atoms with Crippen molar-refractivity contribution in [1.29, 1.82) is 0 Å². The van der Waals surface area contributed by atoms with Crippen molar-refractivity contribution in [2.24, 2.45) is 0 Å². The van der Waals surface area contributed by atoms with E-state index < -0.39 is 0 Å². The Hall–Kier alpha value is -1.17. The average Bonchev–Trinajstić information content (AvgIpc) is 3.13. The highest BCUT2D eigenvalue weighted by Gasteiger charge is 2.27. The van der Waals surface area contributed by atoms with Gasteiger partial charge in [-0.25, -0.2) is 0 Å². The van der Waals surface area contributed by atoms with Crippen LogP contribution in [0.5, 0.6) is 0 Å². The molecule has 19 heavy (non-hydrogen) atoms. The van der Waals surface area contributed by atoms with Crippen LogP contribution in [-0.2, 0) is 0 Å². The lowest BCUT2D eigenvalue weighted by molar-refractivity contribution is 0.102. The Labute approximate surface area is 123 Å². The van der Waals surface area contributed by atoms with Crippen molar-refractivity contribution < 1.29 is 4.79 Å². The molecule has 7 heteroatoms. The third kappa shape index (κ3) is 2.88. The van der Waals surface area contributed by atoms with Crippen LogP contribution in [0.25, 0.3) is 0 Å². The van der Waals surface area contributed by atoms with Crippen LogP contribution in [0, 0.1) is 0 Å². The van der Waals surface area contributed by atoms with Gasteiger partial charge in [-0.1, -0.05) is 34.5 Å². The maximum atomic E-state index is 12.1. The number of benzene rings is 1. The van der Waals surface area contributed by atoms with Crippen molar-refractivity contribution in [3.63, 3.8) is 0 Å². The fourth-order valence-electron chi connectivity index (χ4n) is 1.62. The van der Waals surface area contributed by atoms with Gasteiger partial charge in [0.2, 0.25) is 5.13 Å². The van der Waals surface area contributed by atoms with Crippen LogP contribution >= 0.6 is 34.5 Å². The summed E-state index contributed by atoms with van der Waals surface area (Å²) < 4.78 is 0. The second-order valence-electron chi connectivity index (χ2n) is 4.30. The number of carbonyl (C=O) groups excluding carboxylic acids is 1. The Morgan fingerprint density at radius 3 is 2.84 bits per heavy atom. The summed E-state index contributed by atoms with van der Waals surface area (Å²) in [6.07, 6.45) is 2.31. The predicted octanol–water partition coefficient (Wildman–Crippen LogP) is 3.97. The summed E-state index contributed by atoms with van der Waals surface area (Å²) >= 11 is 13.2. The molecule has 3 rings (SSSR count). The van der Waals surface area contributed by atoms with Gasteiger partial charge >= 0.3 is 0 Å². The third-order valence-electron chi connectivity index (χ3n) is 2.76. The van der Waals surface area contributed by atoms with Crippen molar-refractivity contribution in [3.05, 3.63) is 38.8 Å². The van der Waals surface area contributed by atoms with E-state index >= 15 is 0 Å². The quantitative estimate of drug-likeness (QED) is 0.932. The number of amides is 1. The number of nitrogens with one attached hydrogen (secondary N) is 1. The van der Waals surface area contributed by atoms with E-state index in [4.69, 9.17) is 23.2 Å². The van der Waals surface area contributed by atoms with Gasteiger partial charge < -0.3 is 0 Å². The Bertz CT molecular complexity index is 640. The average molecular weight is 314 g/mol. The lowest BCUT2D eigenvalue weighted by atomic mass is 10.2. The van der Waals surface area contributed by atoms with Crippen LogP contribution in [0.1, 0.15) is 34.1 Å². The molecule has 0 bridgehead atoms. The summed E-state index contributed by atoms with van der Waals surface area (Å²) in [7, 11) is 0. The molecule has 0 saturated heterocycles. The first-order chi connectivity index (χ1) is 9.13. The minimum absolute atomic E-state index is 0.328. The first kappa shape index (κ1) is 12.8. The molecule has 1 aromatic heterocycles. The predicted molar refractivity (Wildman–Crippen MR) is 76.3 cm³/mol. The van der Waals surface area contributed by atoms with E-state index in [1.165, 1.54) is 17.4 Å². The van der Waals surface area contributed by atoms with Crippen LogP contribution < -0.4 is 5.32 Å². The molecule has 0 radical (unpaired) electrons. The molecule has 0 atom stereocenters. The topological polar surface area (TPSA) is 54.9 Å². The third-order valence-corrected chi connectivity index (χ3v) is 4.33. The van der Waals surface area contributed by atoms with Crippen molar-refractivity contribution in [2.75, 3.05) is 5.32 Å². The van der Waals surface area contributed by atoms with E-state index in [2.05, 4.69) is 15.5 Å². The SMILES string of the molecule is O=C(Nc1nnc(C2CC2)s1)c1cc(Cl)ccc1Cl. The fraction of sp³-hybridized carbons (Fsp3) is 0.250. The number of rotatable bonds is 3. The summed E-state index contributed by atoms with van der Waals surface area (Å²) in [5.41, 5.74) is 0.331. The van der Waals surface area contributed by atoms with Gasteiger partial charge in [0, 0.05) is 10.9 Å². The summed E-state index contributed by atoms with van der Waals surface area (Å²) in [5, 5.41) is 13.0. The fourth-order valence-corrected chi connectivity index (χ4v) is 2.90. The molecule has 0 aliphatic heterocycles. The summed E-state index contributed by atoms with van der Waals surface area (Å²) in [6, 6.07) is 4.76. The highest BCUT2D eigenvalue weighted by Crippen LogP contribution is 2.42. The number of nitrogens with zero attached hydrogens (tertiary/aromatic N) is 2. The van der Waals surface area contributed by atoms with Gasteiger partial charge in [0.25, 0.3) is 5.91 Å². The van der Waals surface area contributed by atoms with Crippen LogP contribution in [0.3, 0.4) is 0 Å². The normalized spacial score (nSPS) is 14.4. The molecule has 1 fully saturated rings. The van der Waals surface area contributed by atoms with Crippen molar-refractivity contribution in [2.45, 2.75) is 18.8 Å². The molecule has 0 spiro atoms. The minimum atomic E-state index is -0.328. The maximum absolute atomic E-state index is 12.1. The zero-order valence-electron chi connectivity index (χ0n) is 9.69. The molecule has 1 saturated carbocycles. The molecule has 1 aromatic carbocycles. The molecule has 0 unspecified atom stereocenters. The maximum Gasteiger partial charge on any atom is 0.259 e. The number of hydrogen-bond donors (Lipinski definition) is 1. The molecule has 4 nitrogen and oxygen atoms in total. The Balaban J connectivity index is 1.77. The van der Waals surface area contributed by atoms with Crippen molar-refractivity contribution in [3.8, 4) is 0 Å². The van der Waals surface area contributed by atoms with E-state index in [1.54, 1.807) is 12.1 Å². The highest BCUT2D eigenvalue weighted by atomic mass is 35.5. The minimum Gasteiger partial charge on any atom is -0.296 e. The summed E-state index contributed by atoms with van der Waals surface area (Å²) in [6.45, 7) is 0. The number of halogens is 2. The standard InChI is InChI=1S/C12H9Cl2N3OS/c13-7-3-4-9(14)8(5-7)10(18)15-12-17-16-11(19-12)6-1-2-6/h3-6H,1-2H2,(H,15,17,18). The number of aromatic nitrogens is 2. The molecular weight excluding hydrogens is 305 g/mol. The van der Waals surface area contributed by atoms with Gasteiger partial charge in [-0.2, -0.15) is 0 Å². The van der Waals surface area contributed by atoms with E-state index in [0.29, 0.717) is 26.7 Å². The molecule has 1 N–H and O–H groups in total. The first-order valence-corrected chi connectivity index (χ1v) is 7.30. The number of anilines is 1. The summed E-state index contributed by atoms with van der Waals surface area (Å²) in [5.74, 6) is 0.198. The van der Waals surface area contributed by atoms with E-state index in [1.807, 2.05) is 0 Å². The molecule has 1 aliphatic rings. The van der Waals surface area contributed by atoms with E-state index in [9.17, 15) is 4.79 Å². The molecule has 1 aliphatic carbocycles. The molecule has 1 amide bonds. The van der Waals surface area contributed by atoms with Gasteiger partial charge in [0.05, 0.1) is 10.6 Å². The lowest BCUT2D eigenvalue weighted by Gasteiger charge is -2.03. The van der Waals surface area contributed by atoms with Crippen molar-refractivity contribution in [1.82, 2.24) is 10.2 Å². The molecule has 1 heterocycles. The molecule has 2 aromatic rings. The second kappa shape index (κ2) is 5.07. The molecular formula is C12H9Cl2N3OS. The first-order valence-electron chi connectivity index (χ1n) is 5.73. The molecule has 98 valence electrons. The number of carbonyl (C=O) groups is 1. The highest BCUT2D eigenvalue weighted by molar-refractivity contribution is 7.15. The Morgan fingerprint density at radius 1 is 1.32 bits per heavy atom. The van der Waals surface area contributed by atoms with Crippen LogP contribution in [-0.4, -0.2) is 16.1 Å². The second-order valence-corrected chi connectivity index (χ2v) is 6.15. The van der Waals surface area contributed by atoms with Gasteiger partial charge in [-0.05, 0) is 31.0 Å². The summed E-state index contributed by atoms with van der Waals surface area (Å²) in [4.78, 5) is 12.1. The monoisotopic (exact) mass is 313 g/mol. The largest absolute Gasteiger partial charge is 0.296 e. The van der Waals surface area contributed by atoms with E-state index in [-0.39, 0.29) is 5.91 Å². The number of hydrogen-bond acceptors (Lipinski definition) is 4. The lowest BCUT2D eigenvalue weighted by Crippen LogP contribution is -2.12. The zero-order chi connectivity index (χ0) is 13.4. The smallest absolute Gasteiger partial charge is 0.259 e. The van der Waals surface area contributed by atoms with Crippen LogP contribution in [0.15, 0.2) is 18.2 Å². The van der Waals surface area contributed by atoms with Crippen molar-refractivity contribution >= 4 is 45.6 Å². The van der Waals surface area contributed by atoms with Gasteiger partial charge in [0.1, 0.15) is 5.01 Å². The zero-order valence-corrected chi connectivity index (χ0v) is 12.0. The van der Waals surface area contributed by atoms with Gasteiger partial charge in [0.15, 0.2) is 0 Å². The van der Waals surface area contributed by atoms with Gasteiger partial charge in [-0.15, -0.1) is 10.2 Å². The van der Waals surface area contributed by atoms with Gasteiger partial charge in [-0.3, -0.25) is 10.1 Å². The van der Waals surface area contributed by atoms with Crippen LogP contribution in [0.2, 0.25) is 10.0 Å².